The number of nitriles is 1. The van der Waals surface area contributed by atoms with Gasteiger partial charge in [0, 0.05) is 5.56 Å². The minimum atomic E-state index is -0.981. The Balaban J connectivity index is 2.10. The second-order valence-corrected chi connectivity index (χ2v) is 4.67. The fourth-order valence-electron chi connectivity index (χ4n) is 1.92. The maximum Gasteiger partial charge on any atom is 0.335 e. The summed E-state index contributed by atoms with van der Waals surface area (Å²) < 4.78 is 5.56. The number of hydrogen-bond donors (Lipinski definition) is 1. The van der Waals surface area contributed by atoms with E-state index < -0.39 is 5.97 Å². The van der Waals surface area contributed by atoms with E-state index in [2.05, 4.69) is 0 Å². The molecule has 5 heteroatoms. The number of nitrogens with zero attached hydrogens (tertiary/aromatic N) is 1. The van der Waals surface area contributed by atoms with Gasteiger partial charge in [-0.05, 0) is 42.8 Å². The number of carbonyl (C=O) groups is 2. The van der Waals surface area contributed by atoms with Gasteiger partial charge < -0.3 is 9.84 Å². The lowest BCUT2D eigenvalue weighted by atomic mass is 10.1. The summed E-state index contributed by atoms with van der Waals surface area (Å²) in [4.78, 5) is 22.1. The average molecular weight is 295 g/mol. The lowest BCUT2D eigenvalue weighted by Crippen LogP contribution is -2.01. The van der Waals surface area contributed by atoms with Crippen LogP contribution in [0.3, 0.4) is 0 Å². The topological polar surface area (TPSA) is 87.4 Å². The molecular weight excluding hydrogens is 282 g/mol. The monoisotopic (exact) mass is 295 g/mol. The lowest BCUT2D eigenvalue weighted by molar-refractivity contribution is 0.0696. The Morgan fingerprint density at radius 2 is 1.86 bits per heavy atom. The van der Waals surface area contributed by atoms with Gasteiger partial charge in [0.1, 0.15) is 18.4 Å². The first-order chi connectivity index (χ1) is 10.5. The maximum absolute atomic E-state index is 11.4. The first kappa shape index (κ1) is 15.3. The number of hydrogen-bond acceptors (Lipinski definition) is 4. The summed E-state index contributed by atoms with van der Waals surface area (Å²) in [5, 5.41) is 17.9. The van der Waals surface area contributed by atoms with E-state index in [1.165, 1.54) is 25.1 Å². The third-order valence-electron chi connectivity index (χ3n) is 3.10. The summed E-state index contributed by atoms with van der Waals surface area (Å²) in [5.41, 5.74) is 1.65. The van der Waals surface area contributed by atoms with Crippen LogP contribution in [0.1, 0.15) is 38.8 Å². The molecule has 0 aliphatic rings. The number of rotatable bonds is 5. The van der Waals surface area contributed by atoms with Gasteiger partial charge in [0.05, 0.1) is 11.1 Å². The fourth-order valence-corrected chi connectivity index (χ4v) is 1.92. The molecule has 0 amide bonds. The summed E-state index contributed by atoms with van der Waals surface area (Å²) in [5.74, 6) is -0.679. The van der Waals surface area contributed by atoms with Gasteiger partial charge in [-0.15, -0.1) is 0 Å². The lowest BCUT2D eigenvalue weighted by Gasteiger charge is -2.08. The number of ether oxygens (including phenoxy) is 1. The van der Waals surface area contributed by atoms with Crippen LogP contribution in [0.15, 0.2) is 42.5 Å². The molecule has 22 heavy (non-hydrogen) atoms. The summed E-state index contributed by atoms with van der Waals surface area (Å²) >= 11 is 0. The van der Waals surface area contributed by atoms with Crippen LogP contribution in [0, 0.1) is 11.3 Å². The molecule has 0 aromatic heterocycles. The number of aromatic carboxylic acids is 1. The molecule has 0 bridgehead atoms. The molecule has 1 N–H and O–H groups in total. The van der Waals surface area contributed by atoms with Crippen LogP contribution >= 0.6 is 0 Å². The summed E-state index contributed by atoms with van der Waals surface area (Å²) in [6.45, 7) is 1.64. The van der Waals surface area contributed by atoms with Gasteiger partial charge >= 0.3 is 5.97 Å². The second kappa shape index (κ2) is 6.55. The van der Waals surface area contributed by atoms with E-state index in [0.717, 1.165) is 5.56 Å². The molecule has 2 aromatic rings. The Morgan fingerprint density at radius 3 is 2.41 bits per heavy atom. The van der Waals surface area contributed by atoms with Crippen molar-refractivity contribution >= 4 is 11.8 Å². The Bertz CT molecular complexity index is 757. The number of benzene rings is 2. The van der Waals surface area contributed by atoms with Crippen LogP contribution < -0.4 is 4.74 Å². The third kappa shape index (κ3) is 3.49. The van der Waals surface area contributed by atoms with Crippen molar-refractivity contribution in [2.45, 2.75) is 13.5 Å². The summed E-state index contributed by atoms with van der Waals surface area (Å²) in [6.07, 6.45) is 0. The highest BCUT2D eigenvalue weighted by Gasteiger charge is 2.08. The highest BCUT2D eigenvalue weighted by molar-refractivity contribution is 5.96. The fraction of sp³-hybridized carbons (Fsp3) is 0.118. The molecule has 0 atom stereocenters. The van der Waals surface area contributed by atoms with Crippen LogP contribution in [0.25, 0.3) is 0 Å². The summed E-state index contributed by atoms with van der Waals surface area (Å²) in [7, 11) is 0. The number of carboxylic acid groups (broad SMARTS) is 1. The van der Waals surface area contributed by atoms with Crippen molar-refractivity contribution in [2.24, 2.45) is 0 Å². The Hall–Kier alpha value is -3.13. The van der Waals surface area contributed by atoms with E-state index in [1.54, 1.807) is 24.3 Å². The molecule has 5 nitrogen and oxygen atoms in total. The van der Waals surface area contributed by atoms with Crippen molar-refractivity contribution in [1.82, 2.24) is 0 Å². The van der Waals surface area contributed by atoms with E-state index >= 15 is 0 Å². The molecule has 0 radical (unpaired) electrons. The van der Waals surface area contributed by atoms with E-state index in [-0.39, 0.29) is 23.5 Å². The van der Waals surface area contributed by atoms with Crippen LogP contribution in [-0.2, 0) is 6.61 Å². The van der Waals surface area contributed by atoms with Crippen LogP contribution in [-0.4, -0.2) is 16.9 Å². The predicted molar refractivity (Wildman–Crippen MR) is 78.9 cm³/mol. The smallest absolute Gasteiger partial charge is 0.335 e. The highest BCUT2D eigenvalue weighted by atomic mass is 16.5. The van der Waals surface area contributed by atoms with E-state index in [9.17, 15) is 9.59 Å². The minimum Gasteiger partial charge on any atom is -0.489 e. The zero-order chi connectivity index (χ0) is 16.1. The van der Waals surface area contributed by atoms with Gasteiger partial charge in [0.25, 0.3) is 0 Å². The van der Waals surface area contributed by atoms with Crippen molar-refractivity contribution in [1.29, 1.82) is 5.26 Å². The molecule has 2 rings (SSSR count). The highest BCUT2D eigenvalue weighted by Crippen LogP contribution is 2.19. The van der Waals surface area contributed by atoms with Gasteiger partial charge in [0.15, 0.2) is 5.78 Å². The van der Waals surface area contributed by atoms with Gasteiger partial charge in [-0.2, -0.15) is 5.26 Å². The Labute approximate surface area is 127 Å². The van der Waals surface area contributed by atoms with Gasteiger partial charge in [-0.3, -0.25) is 4.79 Å². The predicted octanol–water partition coefficient (Wildman–Crippen LogP) is 3.04. The zero-order valence-corrected chi connectivity index (χ0v) is 11.9. The van der Waals surface area contributed by atoms with E-state index in [1.807, 2.05) is 6.07 Å². The Morgan fingerprint density at radius 1 is 1.18 bits per heavy atom. The standard InChI is InChI=1S/C17H13NO4/c1-11(19)16-7-6-15(8-14(16)9-18)22-10-12-2-4-13(5-3-12)17(20)21/h2-8H,10H2,1H3,(H,20,21). The third-order valence-corrected chi connectivity index (χ3v) is 3.10. The molecule has 0 saturated heterocycles. The minimum absolute atomic E-state index is 0.174. The molecule has 0 fully saturated rings. The average Bonchev–Trinajstić information content (AvgIpc) is 2.52. The van der Waals surface area contributed by atoms with Crippen molar-refractivity contribution in [3.63, 3.8) is 0 Å². The quantitative estimate of drug-likeness (QED) is 0.856. The van der Waals surface area contributed by atoms with Gasteiger partial charge in [-0.1, -0.05) is 12.1 Å². The first-order valence-electron chi connectivity index (χ1n) is 6.51. The molecule has 0 aliphatic carbocycles. The molecule has 110 valence electrons. The molecular formula is C17H13NO4. The van der Waals surface area contributed by atoms with Crippen LogP contribution in [0.5, 0.6) is 5.75 Å². The molecule has 0 heterocycles. The number of ketones is 1. The maximum atomic E-state index is 11.4. The van der Waals surface area contributed by atoms with Crippen molar-refractivity contribution < 1.29 is 19.4 Å². The number of carboxylic acids is 1. The van der Waals surface area contributed by atoms with Crippen molar-refractivity contribution in [3.05, 3.63) is 64.7 Å². The van der Waals surface area contributed by atoms with E-state index in [4.69, 9.17) is 15.1 Å². The van der Waals surface area contributed by atoms with E-state index in [0.29, 0.717) is 11.3 Å². The van der Waals surface area contributed by atoms with Gasteiger partial charge in [0.2, 0.25) is 0 Å². The molecule has 0 saturated carbocycles. The number of Topliss-reactive ketones (excluding diaryl/α,β-unsaturated/α-hetero) is 1. The molecule has 0 spiro atoms. The molecule has 2 aromatic carbocycles. The van der Waals surface area contributed by atoms with Crippen LogP contribution in [0.2, 0.25) is 0 Å². The van der Waals surface area contributed by atoms with Crippen molar-refractivity contribution in [2.75, 3.05) is 0 Å². The van der Waals surface area contributed by atoms with Crippen LogP contribution in [0.4, 0.5) is 0 Å². The number of carbonyl (C=O) groups excluding carboxylic acids is 1. The first-order valence-corrected chi connectivity index (χ1v) is 6.51. The largest absolute Gasteiger partial charge is 0.489 e. The summed E-state index contributed by atoms with van der Waals surface area (Å²) in [6, 6.07) is 13.0. The molecule has 0 unspecified atom stereocenters. The zero-order valence-electron chi connectivity index (χ0n) is 11.9. The Kier molecular flexibility index (Phi) is 4.54. The molecule has 0 aliphatic heterocycles. The normalized spacial score (nSPS) is 9.82. The second-order valence-electron chi connectivity index (χ2n) is 4.67. The van der Waals surface area contributed by atoms with Gasteiger partial charge in [-0.25, -0.2) is 4.79 Å². The SMILES string of the molecule is CC(=O)c1ccc(OCc2ccc(C(=O)O)cc2)cc1C#N. The van der Waals surface area contributed by atoms with Crippen molar-refractivity contribution in [3.8, 4) is 11.8 Å².